The Morgan fingerprint density at radius 3 is 2.75 bits per heavy atom. The quantitative estimate of drug-likeness (QED) is 0.792. The molecule has 0 saturated heterocycles. The second-order valence-corrected chi connectivity index (χ2v) is 3.90. The summed E-state index contributed by atoms with van der Waals surface area (Å²) in [6.45, 7) is 3.68. The first kappa shape index (κ1) is 13.1. The Balaban J connectivity index is 3.05. The maximum atomic E-state index is 13.6. The number of Topliss-reactive ketones (excluding diaryl/α,β-unsaturated/α-hetero) is 1. The van der Waals surface area contributed by atoms with E-state index >= 15 is 0 Å². The molecule has 0 saturated carbocycles. The highest BCUT2D eigenvalue weighted by atomic mass is 35.5. The average Bonchev–Trinajstić information content (AvgIpc) is 2.21. The molecule has 88 valence electrons. The van der Waals surface area contributed by atoms with Crippen LogP contribution in [-0.4, -0.2) is 12.4 Å². The number of rotatable bonds is 5. The maximum Gasteiger partial charge on any atom is 0.163 e. The minimum absolute atomic E-state index is 0.130. The van der Waals surface area contributed by atoms with E-state index in [9.17, 15) is 9.18 Å². The van der Waals surface area contributed by atoms with Crippen molar-refractivity contribution in [3.63, 3.8) is 0 Å². The summed E-state index contributed by atoms with van der Waals surface area (Å²) in [6, 6.07) is 4.32. The summed E-state index contributed by atoms with van der Waals surface area (Å²) in [4.78, 5) is 11.4. The lowest BCUT2D eigenvalue weighted by molar-refractivity contribution is -0.129. The van der Waals surface area contributed by atoms with Gasteiger partial charge in [0.15, 0.2) is 5.78 Å². The Bertz CT molecular complexity index is 359. The van der Waals surface area contributed by atoms with Gasteiger partial charge in [-0.2, -0.15) is 0 Å². The summed E-state index contributed by atoms with van der Waals surface area (Å²) in [7, 11) is 0. The van der Waals surface area contributed by atoms with Crippen LogP contribution in [0.3, 0.4) is 0 Å². The molecule has 0 aliphatic carbocycles. The van der Waals surface area contributed by atoms with E-state index in [1.165, 1.54) is 19.1 Å². The number of ether oxygens (including phenoxy) is 1. The van der Waals surface area contributed by atoms with Crippen molar-refractivity contribution in [2.45, 2.75) is 26.4 Å². The highest BCUT2D eigenvalue weighted by Gasteiger charge is 2.23. The lowest BCUT2D eigenvalue weighted by Crippen LogP contribution is -2.15. The SMILES string of the molecule is CCCOC(C(C)=O)c1c(F)cccc1Cl. The molecule has 2 nitrogen and oxygen atoms in total. The molecule has 0 spiro atoms. The molecule has 0 aromatic heterocycles. The molecule has 1 aromatic carbocycles. The van der Waals surface area contributed by atoms with Crippen molar-refractivity contribution in [3.05, 3.63) is 34.6 Å². The summed E-state index contributed by atoms with van der Waals surface area (Å²) >= 11 is 5.88. The second kappa shape index (κ2) is 5.97. The van der Waals surface area contributed by atoms with Crippen LogP contribution in [0.1, 0.15) is 31.9 Å². The van der Waals surface area contributed by atoms with Gasteiger partial charge in [0.1, 0.15) is 11.9 Å². The third-order valence-corrected chi connectivity index (χ3v) is 2.45. The van der Waals surface area contributed by atoms with Crippen LogP contribution in [0.5, 0.6) is 0 Å². The first-order valence-electron chi connectivity index (χ1n) is 5.13. The molecule has 4 heteroatoms. The number of carbonyl (C=O) groups is 1. The fraction of sp³-hybridized carbons (Fsp3) is 0.417. The zero-order valence-electron chi connectivity index (χ0n) is 9.30. The Morgan fingerprint density at radius 1 is 1.56 bits per heavy atom. The first-order valence-corrected chi connectivity index (χ1v) is 5.51. The molecule has 0 amide bonds. The largest absolute Gasteiger partial charge is 0.366 e. The third-order valence-electron chi connectivity index (χ3n) is 2.12. The topological polar surface area (TPSA) is 26.3 Å². The van der Waals surface area contributed by atoms with Gasteiger partial charge in [0.05, 0.1) is 0 Å². The maximum absolute atomic E-state index is 13.6. The van der Waals surface area contributed by atoms with Gasteiger partial charge in [0.25, 0.3) is 0 Å². The van der Waals surface area contributed by atoms with Crippen molar-refractivity contribution in [3.8, 4) is 0 Å². The molecule has 1 atom stereocenters. The van der Waals surface area contributed by atoms with E-state index in [0.29, 0.717) is 6.61 Å². The smallest absolute Gasteiger partial charge is 0.163 e. The van der Waals surface area contributed by atoms with Crippen molar-refractivity contribution in [2.24, 2.45) is 0 Å². The molecule has 1 unspecified atom stereocenters. The number of hydrogen-bond donors (Lipinski definition) is 0. The molecule has 0 aliphatic heterocycles. The molecule has 1 aromatic rings. The van der Waals surface area contributed by atoms with Crippen molar-refractivity contribution < 1.29 is 13.9 Å². The predicted octanol–water partition coefficient (Wildman–Crippen LogP) is 3.54. The van der Waals surface area contributed by atoms with Gasteiger partial charge in [-0.05, 0) is 25.5 Å². The van der Waals surface area contributed by atoms with E-state index < -0.39 is 11.9 Å². The Labute approximate surface area is 99.4 Å². The standard InChI is InChI=1S/C12H14ClFO2/c1-3-7-16-12(8(2)15)11-9(13)5-4-6-10(11)14/h4-6,12H,3,7H2,1-2H3. The molecular weight excluding hydrogens is 231 g/mol. The van der Waals surface area contributed by atoms with E-state index in [-0.39, 0.29) is 16.4 Å². The minimum atomic E-state index is -0.909. The molecule has 0 bridgehead atoms. The number of hydrogen-bond acceptors (Lipinski definition) is 2. The van der Waals surface area contributed by atoms with Gasteiger partial charge < -0.3 is 4.74 Å². The van der Waals surface area contributed by atoms with Crippen LogP contribution in [0.2, 0.25) is 5.02 Å². The molecule has 1 rings (SSSR count). The summed E-state index contributed by atoms with van der Waals surface area (Å²) in [5.74, 6) is -0.760. The highest BCUT2D eigenvalue weighted by molar-refractivity contribution is 6.31. The van der Waals surface area contributed by atoms with Crippen molar-refractivity contribution in [1.29, 1.82) is 0 Å². The third kappa shape index (κ3) is 3.03. The monoisotopic (exact) mass is 244 g/mol. The van der Waals surface area contributed by atoms with Crippen LogP contribution in [-0.2, 0) is 9.53 Å². The Morgan fingerprint density at radius 2 is 2.25 bits per heavy atom. The Kier molecular flexibility index (Phi) is 4.90. The Hall–Kier alpha value is -0.930. The van der Waals surface area contributed by atoms with Crippen LogP contribution in [0.15, 0.2) is 18.2 Å². The lowest BCUT2D eigenvalue weighted by atomic mass is 10.1. The number of carbonyl (C=O) groups excluding carboxylic acids is 1. The van der Waals surface area contributed by atoms with Gasteiger partial charge in [-0.3, -0.25) is 4.79 Å². The zero-order valence-corrected chi connectivity index (χ0v) is 10.1. The number of ketones is 1. The molecule has 16 heavy (non-hydrogen) atoms. The van der Waals surface area contributed by atoms with Gasteiger partial charge in [0, 0.05) is 17.2 Å². The molecule has 0 N–H and O–H groups in total. The fourth-order valence-corrected chi connectivity index (χ4v) is 1.66. The van der Waals surface area contributed by atoms with Crippen LogP contribution < -0.4 is 0 Å². The van der Waals surface area contributed by atoms with Gasteiger partial charge in [-0.25, -0.2) is 4.39 Å². The molecular formula is C12H14ClFO2. The van der Waals surface area contributed by atoms with Gasteiger partial charge in [-0.1, -0.05) is 24.6 Å². The van der Waals surface area contributed by atoms with Crippen LogP contribution in [0, 0.1) is 5.82 Å². The minimum Gasteiger partial charge on any atom is -0.366 e. The number of halogens is 2. The molecule has 0 radical (unpaired) electrons. The van der Waals surface area contributed by atoms with E-state index in [0.717, 1.165) is 6.42 Å². The van der Waals surface area contributed by atoms with Crippen LogP contribution in [0.25, 0.3) is 0 Å². The van der Waals surface area contributed by atoms with Crippen molar-refractivity contribution in [2.75, 3.05) is 6.61 Å². The summed E-state index contributed by atoms with van der Waals surface area (Å²) < 4.78 is 18.9. The lowest BCUT2D eigenvalue weighted by Gasteiger charge is -2.16. The van der Waals surface area contributed by atoms with Gasteiger partial charge in [-0.15, -0.1) is 0 Å². The number of benzene rings is 1. The molecule has 0 fully saturated rings. The van der Waals surface area contributed by atoms with E-state index in [4.69, 9.17) is 16.3 Å². The zero-order chi connectivity index (χ0) is 12.1. The normalized spacial score (nSPS) is 12.5. The van der Waals surface area contributed by atoms with Crippen LogP contribution in [0.4, 0.5) is 4.39 Å². The van der Waals surface area contributed by atoms with Gasteiger partial charge in [0.2, 0.25) is 0 Å². The molecule has 0 aliphatic rings. The van der Waals surface area contributed by atoms with Crippen molar-refractivity contribution in [1.82, 2.24) is 0 Å². The summed E-state index contributed by atoms with van der Waals surface area (Å²) in [5, 5.41) is 0.219. The fourth-order valence-electron chi connectivity index (χ4n) is 1.40. The second-order valence-electron chi connectivity index (χ2n) is 3.50. The van der Waals surface area contributed by atoms with E-state index in [1.807, 2.05) is 6.92 Å². The van der Waals surface area contributed by atoms with Gasteiger partial charge >= 0.3 is 0 Å². The average molecular weight is 245 g/mol. The first-order chi connectivity index (χ1) is 7.57. The summed E-state index contributed by atoms with van der Waals surface area (Å²) in [6.07, 6.45) is -0.149. The summed E-state index contributed by atoms with van der Waals surface area (Å²) in [5.41, 5.74) is 0.130. The predicted molar refractivity (Wildman–Crippen MR) is 61.1 cm³/mol. The van der Waals surface area contributed by atoms with E-state index in [1.54, 1.807) is 6.07 Å². The van der Waals surface area contributed by atoms with E-state index in [2.05, 4.69) is 0 Å². The highest BCUT2D eigenvalue weighted by Crippen LogP contribution is 2.29. The molecule has 0 heterocycles. The van der Waals surface area contributed by atoms with Crippen molar-refractivity contribution >= 4 is 17.4 Å². The van der Waals surface area contributed by atoms with Crippen LogP contribution >= 0.6 is 11.6 Å².